The number of hydrogen-bond donors (Lipinski definition) is 0. The van der Waals surface area contributed by atoms with Crippen LogP contribution in [0.25, 0.3) is 16.7 Å². The van der Waals surface area contributed by atoms with Crippen LogP contribution in [0.5, 0.6) is 0 Å². The predicted molar refractivity (Wildman–Crippen MR) is 115 cm³/mol. The second-order valence-corrected chi connectivity index (χ2v) is 6.52. The zero-order chi connectivity index (χ0) is 18.8. The van der Waals surface area contributed by atoms with Gasteiger partial charge in [0.1, 0.15) is 0 Å². The molecule has 0 heterocycles. The Labute approximate surface area is 155 Å². The second-order valence-electron chi connectivity index (χ2n) is 6.52. The molecule has 0 aromatic heterocycles. The molecule has 2 aromatic carbocycles. The molecule has 0 saturated carbocycles. The number of hydrogen-bond acceptors (Lipinski definition) is 0. The molecule has 0 heteroatoms. The van der Waals surface area contributed by atoms with Crippen molar-refractivity contribution >= 4 is 5.57 Å². The molecule has 0 aliphatic rings. The fourth-order valence-corrected chi connectivity index (χ4v) is 3.17. The van der Waals surface area contributed by atoms with Gasteiger partial charge in [-0.1, -0.05) is 95.8 Å². The van der Waals surface area contributed by atoms with Crippen molar-refractivity contribution in [2.24, 2.45) is 5.92 Å². The summed E-state index contributed by atoms with van der Waals surface area (Å²) in [4.78, 5) is 0. The Morgan fingerprint density at radius 2 is 1.72 bits per heavy atom. The largest absolute Gasteiger partial charge is 0.0985 e. The van der Waals surface area contributed by atoms with Crippen LogP contribution in [0, 0.1) is 12.8 Å². The highest BCUT2D eigenvalue weighted by Crippen LogP contribution is 2.35. The third kappa shape index (κ3) is 5.46. The Morgan fingerprint density at radius 1 is 1.04 bits per heavy atom. The van der Waals surface area contributed by atoms with Gasteiger partial charge in [-0.05, 0) is 59.1 Å². The fraction of sp³-hybridized carbons (Fsp3) is 0.360. The molecular formula is C25H34. The molecule has 134 valence electrons. The van der Waals surface area contributed by atoms with E-state index < -0.39 is 0 Å². The summed E-state index contributed by atoms with van der Waals surface area (Å²) in [5.74, 6) is 0.647. The van der Waals surface area contributed by atoms with E-state index in [0.717, 1.165) is 12.8 Å². The minimum atomic E-state index is 0.647. The number of benzene rings is 2. The van der Waals surface area contributed by atoms with Gasteiger partial charge in [-0.15, -0.1) is 0 Å². The van der Waals surface area contributed by atoms with E-state index in [1.54, 1.807) is 0 Å². The SMILES string of the molecule is C=C/C(=C\CC)c1cccc(C)c1-c1ccccc1CC(C)C.CC. The highest BCUT2D eigenvalue weighted by Gasteiger charge is 2.14. The van der Waals surface area contributed by atoms with Crippen LogP contribution in [0.2, 0.25) is 0 Å². The zero-order valence-corrected chi connectivity index (χ0v) is 16.9. The number of rotatable bonds is 6. The molecule has 0 spiro atoms. The van der Waals surface area contributed by atoms with Crippen LogP contribution in [-0.4, -0.2) is 0 Å². The summed E-state index contributed by atoms with van der Waals surface area (Å²) in [6, 6.07) is 15.4. The van der Waals surface area contributed by atoms with Gasteiger partial charge in [-0.2, -0.15) is 0 Å². The molecule has 0 aliphatic carbocycles. The Kier molecular flexibility index (Phi) is 8.99. The molecule has 2 aromatic rings. The highest BCUT2D eigenvalue weighted by molar-refractivity contribution is 5.87. The molecule has 0 atom stereocenters. The van der Waals surface area contributed by atoms with Crippen molar-refractivity contribution in [1.29, 1.82) is 0 Å². The van der Waals surface area contributed by atoms with Crippen molar-refractivity contribution in [2.75, 3.05) is 0 Å². The van der Waals surface area contributed by atoms with Crippen molar-refractivity contribution in [3.63, 3.8) is 0 Å². The minimum absolute atomic E-state index is 0.647. The standard InChI is InChI=1S/C23H28.C2H6/c1-6-11-19(7-2)21-15-10-12-18(5)23(21)22-14-9-8-13-20(22)16-17(3)4;1-2/h7-15,17H,2,6,16H2,1,3-5H3;1-2H3/b19-11+;. The second kappa shape index (κ2) is 10.7. The zero-order valence-electron chi connectivity index (χ0n) is 16.9. The summed E-state index contributed by atoms with van der Waals surface area (Å²) >= 11 is 0. The van der Waals surface area contributed by atoms with Crippen LogP contribution in [0.15, 0.2) is 61.2 Å². The lowest BCUT2D eigenvalue weighted by molar-refractivity contribution is 0.648. The van der Waals surface area contributed by atoms with E-state index in [2.05, 4.69) is 82.8 Å². The van der Waals surface area contributed by atoms with E-state index in [1.807, 2.05) is 19.9 Å². The molecule has 0 unspecified atom stereocenters. The van der Waals surface area contributed by atoms with Crippen LogP contribution in [0.3, 0.4) is 0 Å². The van der Waals surface area contributed by atoms with Crippen LogP contribution < -0.4 is 0 Å². The summed E-state index contributed by atoms with van der Waals surface area (Å²) < 4.78 is 0. The van der Waals surface area contributed by atoms with Crippen LogP contribution in [0.1, 0.15) is 57.7 Å². The first-order chi connectivity index (χ1) is 12.1. The number of allylic oxidation sites excluding steroid dienone is 3. The third-order valence-electron chi connectivity index (χ3n) is 4.14. The molecule has 0 amide bonds. The molecule has 25 heavy (non-hydrogen) atoms. The maximum Gasteiger partial charge on any atom is -0.00735 e. The monoisotopic (exact) mass is 334 g/mol. The lowest BCUT2D eigenvalue weighted by Gasteiger charge is -2.18. The van der Waals surface area contributed by atoms with Crippen LogP contribution in [-0.2, 0) is 6.42 Å². The van der Waals surface area contributed by atoms with Gasteiger partial charge in [-0.3, -0.25) is 0 Å². The summed E-state index contributed by atoms with van der Waals surface area (Å²) in [5.41, 5.74) is 7.98. The van der Waals surface area contributed by atoms with E-state index in [0.29, 0.717) is 5.92 Å². The van der Waals surface area contributed by atoms with Crippen molar-refractivity contribution < 1.29 is 0 Å². The van der Waals surface area contributed by atoms with E-state index in [1.165, 1.54) is 33.4 Å². The Balaban J connectivity index is 0.00000151. The summed E-state index contributed by atoms with van der Waals surface area (Å²) in [6.07, 6.45) is 6.36. The van der Waals surface area contributed by atoms with E-state index in [9.17, 15) is 0 Å². The molecule has 0 bridgehead atoms. The van der Waals surface area contributed by atoms with Gasteiger partial charge in [0, 0.05) is 0 Å². The predicted octanol–water partition coefficient (Wildman–Crippen LogP) is 7.87. The van der Waals surface area contributed by atoms with E-state index in [4.69, 9.17) is 0 Å². The molecule has 0 N–H and O–H groups in total. The van der Waals surface area contributed by atoms with Crippen molar-refractivity contribution in [2.45, 2.75) is 54.4 Å². The molecule has 0 nitrogen and oxygen atoms in total. The topological polar surface area (TPSA) is 0 Å². The maximum atomic E-state index is 4.02. The number of aryl methyl sites for hydroxylation is 1. The van der Waals surface area contributed by atoms with E-state index >= 15 is 0 Å². The minimum Gasteiger partial charge on any atom is -0.0985 e. The summed E-state index contributed by atoms with van der Waals surface area (Å²) in [5, 5.41) is 0. The molecule has 2 rings (SSSR count). The molecule has 0 aliphatic heterocycles. The summed E-state index contributed by atoms with van der Waals surface area (Å²) in [7, 11) is 0. The van der Waals surface area contributed by atoms with Gasteiger partial charge in [0.15, 0.2) is 0 Å². The first-order valence-corrected chi connectivity index (χ1v) is 9.59. The van der Waals surface area contributed by atoms with E-state index in [-0.39, 0.29) is 0 Å². The summed E-state index contributed by atoms with van der Waals surface area (Å²) in [6.45, 7) is 17.0. The average molecular weight is 335 g/mol. The first-order valence-electron chi connectivity index (χ1n) is 9.59. The lowest BCUT2D eigenvalue weighted by Crippen LogP contribution is -1.99. The van der Waals surface area contributed by atoms with Gasteiger partial charge < -0.3 is 0 Å². The molecule has 0 saturated heterocycles. The van der Waals surface area contributed by atoms with Crippen molar-refractivity contribution in [3.8, 4) is 11.1 Å². The van der Waals surface area contributed by atoms with Crippen LogP contribution >= 0.6 is 0 Å². The van der Waals surface area contributed by atoms with Crippen molar-refractivity contribution in [1.82, 2.24) is 0 Å². The van der Waals surface area contributed by atoms with Crippen molar-refractivity contribution in [3.05, 3.63) is 77.9 Å². The smallest absolute Gasteiger partial charge is 0.00735 e. The molecule has 0 fully saturated rings. The lowest BCUT2D eigenvalue weighted by atomic mass is 9.86. The maximum absolute atomic E-state index is 4.02. The Morgan fingerprint density at radius 3 is 2.32 bits per heavy atom. The van der Waals surface area contributed by atoms with Gasteiger partial charge in [0.2, 0.25) is 0 Å². The van der Waals surface area contributed by atoms with Gasteiger partial charge >= 0.3 is 0 Å². The Hall–Kier alpha value is -2.08. The first kappa shape index (κ1) is 21.0. The average Bonchev–Trinajstić information content (AvgIpc) is 2.61. The van der Waals surface area contributed by atoms with Gasteiger partial charge in [-0.25, -0.2) is 0 Å². The van der Waals surface area contributed by atoms with Gasteiger partial charge in [0.05, 0.1) is 0 Å². The van der Waals surface area contributed by atoms with Gasteiger partial charge in [0.25, 0.3) is 0 Å². The highest BCUT2D eigenvalue weighted by atomic mass is 14.2. The quantitative estimate of drug-likeness (QED) is 0.471. The third-order valence-corrected chi connectivity index (χ3v) is 4.14. The molecular weight excluding hydrogens is 300 g/mol. The normalized spacial score (nSPS) is 11.1. The fourth-order valence-electron chi connectivity index (χ4n) is 3.17. The molecule has 0 radical (unpaired) electrons. The van der Waals surface area contributed by atoms with Crippen LogP contribution in [0.4, 0.5) is 0 Å². The Bertz CT molecular complexity index is 702.